The van der Waals surface area contributed by atoms with E-state index in [0.717, 1.165) is 23.7 Å². The zero-order valence-electron chi connectivity index (χ0n) is 13.6. The van der Waals surface area contributed by atoms with Gasteiger partial charge in [0.15, 0.2) is 0 Å². The van der Waals surface area contributed by atoms with Crippen LogP contribution in [0.25, 0.3) is 5.69 Å². The van der Waals surface area contributed by atoms with Crippen LogP contribution < -0.4 is 5.32 Å². The Hall–Kier alpha value is -3.16. The number of aryl methyl sites for hydroxylation is 1. The minimum absolute atomic E-state index is 0.0139. The Bertz CT molecular complexity index is 753. The number of esters is 2. The number of ether oxygens (including phenoxy) is 2. The molecular weight excluding hydrogens is 312 g/mol. The topological polar surface area (TPSA) is 95.3 Å². The summed E-state index contributed by atoms with van der Waals surface area (Å²) in [7, 11) is 2.47. The molecule has 0 fully saturated rings. The van der Waals surface area contributed by atoms with Crippen LogP contribution in [-0.4, -0.2) is 40.9 Å². The van der Waals surface area contributed by atoms with Crippen LogP contribution in [0.1, 0.15) is 12.5 Å². The van der Waals surface area contributed by atoms with Crippen molar-refractivity contribution in [3.63, 3.8) is 0 Å². The maximum Gasteiger partial charge on any atom is 0.354 e. The van der Waals surface area contributed by atoms with Crippen LogP contribution in [0.5, 0.6) is 0 Å². The molecule has 0 spiro atoms. The highest BCUT2D eigenvalue weighted by Gasteiger charge is 2.15. The minimum Gasteiger partial charge on any atom is -0.466 e. The van der Waals surface area contributed by atoms with E-state index in [1.54, 1.807) is 17.2 Å². The third-order valence-electron chi connectivity index (χ3n) is 3.33. The molecule has 2 rings (SSSR count). The Morgan fingerprint density at radius 1 is 1.21 bits per heavy atom. The van der Waals surface area contributed by atoms with Gasteiger partial charge >= 0.3 is 11.9 Å². The second-order valence-electron chi connectivity index (χ2n) is 4.76. The summed E-state index contributed by atoms with van der Waals surface area (Å²) >= 11 is 0. The SMILES string of the molecule is CCc1ccc(-n2cnnc2)cc1N/C(=C/C(=O)OC)C(=O)OC. The van der Waals surface area contributed by atoms with Crippen molar-refractivity contribution < 1.29 is 19.1 Å². The van der Waals surface area contributed by atoms with Crippen LogP contribution >= 0.6 is 0 Å². The highest BCUT2D eigenvalue weighted by atomic mass is 16.5. The summed E-state index contributed by atoms with van der Waals surface area (Å²) < 4.78 is 11.0. The monoisotopic (exact) mass is 330 g/mol. The van der Waals surface area contributed by atoms with E-state index in [1.807, 2.05) is 25.1 Å². The van der Waals surface area contributed by atoms with Gasteiger partial charge in [-0.05, 0) is 24.1 Å². The molecule has 24 heavy (non-hydrogen) atoms. The summed E-state index contributed by atoms with van der Waals surface area (Å²) in [6, 6.07) is 5.66. The molecule has 2 aromatic rings. The molecule has 126 valence electrons. The number of aromatic nitrogens is 3. The first-order valence-electron chi connectivity index (χ1n) is 7.22. The lowest BCUT2D eigenvalue weighted by molar-refractivity contribution is -0.138. The number of hydrogen-bond donors (Lipinski definition) is 1. The molecule has 0 aliphatic carbocycles. The second kappa shape index (κ2) is 7.91. The third-order valence-corrected chi connectivity index (χ3v) is 3.33. The van der Waals surface area contributed by atoms with E-state index in [-0.39, 0.29) is 5.70 Å². The van der Waals surface area contributed by atoms with Gasteiger partial charge in [-0.3, -0.25) is 4.57 Å². The van der Waals surface area contributed by atoms with Gasteiger partial charge in [-0.15, -0.1) is 10.2 Å². The Morgan fingerprint density at radius 3 is 2.50 bits per heavy atom. The van der Waals surface area contributed by atoms with Crippen molar-refractivity contribution in [3.8, 4) is 5.69 Å². The smallest absolute Gasteiger partial charge is 0.354 e. The highest BCUT2D eigenvalue weighted by Crippen LogP contribution is 2.22. The van der Waals surface area contributed by atoms with Gasteiger partial charge in [0.25, 0.3) is 0 Å². The first-order valence-corrected chi connectivity index (χ1v) is 7.22. The molecule has 0 aliphatic rings. The van der Waals surface area contributed by atoms with Crippen molar-refractivity contribution in [2.24, 2.45) is 0 Å². The van der Waals surface area contributed by atoms with Crippen molar-refractivity contribution in [2.45, 2.75) is 13.3 Å². The fourth-order valence-corrected chi connectivity index (χ4v) is 2.06. The largest absolute Gasteiger partial charge is 0.466 e. The van der Waals surface area contributed by atoms with E-state index < -0.39 is 11.9 Å². The van der Waals surface area contributed by atoms with Gasteiger partial charge in [0.1, 0.15) is 18.4 Å². The van der Waals surface area contributed by atoms with Gasteiger partial charge in [0.05, 0.1) is 26.0 Å². The Labute approximate surface area is 139 Å². The summed E-state index contributed by atoms with van der Waals surface area (Å²) in [5, 5.41) is 10.5. The Morgan fingerprint density at radius 2 is 1.92 bits per heavy atom. The molecule has 0 saturated carbocycles. The number of anilines is 1. The summed E-state index contributed by atoms with van der Waals surface area (Å²) in [5.74, 6) is -1.33. The van der Waals surface area contributed by atoms with E-state index in [4.69, 9.17) is 4.74 Å². The van der Waals surface area contributed by atoms with Gasteiger partial charge in [0.2, 0.25) is 0 Å². The molecule has 0 unspecified atom stereocenters. The highest BCUT2D eigenvalue weighted by molar-refractivity contribution is 5.98. The number of nitrogens with one attached hydrogen (secondary N) is 1. The molecule has 1 N–H and O–H groups in total. The van der Waals surface area contributed by atoms with Gasteiger partial charge in [0, 0.05) is 5.69 Å². The normalized spacial score (nSPS) is 11.0. The van der Waals surface area contributed by atoms with Crippen LogP contribution in [0.3, 0.4) is 0 Å². The molecule has 0 atom stereocenters. The molecule has 0 amide bonds. The summed E-state index contributed by atoms with van der Waals surface area (Å²) in [6.07, 6.45) is 4.92. The summed E-state index contributed by atoms with van der Waals surface area (Å²) in [5.41, 5.74) is 2.43. The molecule has 1 heterocycles. The lowest BCUT2D eigenvalue weighted by atomic mass is 10.1. The number of rotatable bonds is 6. The standard InChI is InChI=1S/C16H18N4O4/c1-4-11-5-6-12(20-9-17-18-10-20)7-13(11)19-14(16(22)24-3)8-15(21)23-2/h5-10,19H,4H2,1-3H3/b14-8+. The average molecular weight is 330 g/mol. The van der Waals surface area contributed by atoms with Gasteiger partial charge in [-0.25, -0.2) is 9.59 Å². The number of nitrogens with zero attached hydrogens (tertiary/aromatic N) is 3. The summed E-state index contributed by atoms with van der Waals surface area (Å²) in [6.45, 7) is 1.99. The van der Waals surface area contributed by atoms with Crippen LogP contribution in [0.15, 0.2) is 42.6 Å². The van der Waals surface area contributed by atoms with Gasteiger partial charge < -0.3 is 14.8 Å². The fraction of sp³-hybridized carbons (Fsp3) is 0.250. The lowest BCUT2D eigenvalue weighted by Crippen LogP contribution is -2.16. The zero-order valence-corrected chi connectivity index (χ0v) is 13.6. The predicted molar refractivity (Wildman–Crippen MR) is 86.5 cm³/mol. The molecular formula is C16H18N4O4. The van der Waals surface area contributed by atoms with Gasteiger partial charge in [-0.1, -0.05) is 13.0 Å². The first-order chi connectivity index (χ1) is 11.6. The molecule has 8 nitrogen and oxygen atoms in total. The van der Waals surface area contributed by atoms with Crippen molar-refractivity contribution in [3.05, 3.63) is 48.2 Å². The molecule has 1 aromatic heterocycles. The van der Waals surface area contributed by atoms with Crippen LogP contribution in [0.4, 0.5) is 5.69 Å². The van der Waals surface area contributed by atoms with Crippen molar-refractivity contribution >= 4 is 17.6 Å². The van der Waals surface area contributed by atoms with Crippen LogP contribution in [-0.2, 0) is 25.5 Å². The fourth-order valence-electron chi connectivity index (χ4n) is 2.06. The molecule has 0 radical (unpaired) electrons. The van der Waals surface area contributed by atoms with E-state index >= 15 is 0 Å². The zero-order chi connectivity index (χ0) is 17.5. The van der Waals surface area contributed by atoms with Crippen LogP contribution in [0.2, 0.25) is 0 Å². The first kappa shape index (κ1) is 17.2. The van der Waals surface area contributed by atoms with E-state index in [2.05, 4.69) is 20.3 Å². The van der Waals surface area contributed by atoms with Gasteiger partial charge in [-0.2, -0.15) is 0 Å². The van der Waals surface area contributed by atoms with E-state index in [1.165, 1.54) is 14.2 Å². The number of benzene rings is 1. The average Bonchev–Trinajstić information content (AvgIpc) is 3.14. The molecule has 0 aliphatic heterocycles. The molecule has 1 aromatic carbocycles. The minimum atomic E-state index is -0.669. The quantitative estimate of drug-likeness (QED) is 0.633. The molecule has 8 heteroatoms. The van der Waals surface area contributed by atoms with Crippen molar-refractivity contribution in [1.29, 1.82) is 0 Å². The third kappa shape index (κ3) is 3.97. The Kier molecular flexibility index (Phi) is 5.67. The lowest BCUT2D eigenvalue weighted by Gasteiger charge is -2.14. The van der Waals surface area contributed by atoms with E-state index in [0.29, 0.717) is 5.69 Å². The number of carbonyl (C=O) groups excluding carboxylic acids is 2. The molecule has 0 bridgehead atoms. The maximum atomic E-state index is 11.9. The molecule has 0 saturated heterocycles. The second-order valence-corrected chi connectivity index (χ2v) is 4.76. The number of carbonyl (C=O) groups is 2. The van der Waals surface area contributed by atoms with Crippen molar-refractivity contribution in [2.75, 3.05) is 19.5 Å². The van der Waals surface area contributed by atoms with Crippen LogP contribution in [0, 0.1) is 0 Å². The predicted octanol–water partition coefficient (Wildman–Crippen LogP) is 1.47. The maximum absolute atomic E-state index is 11.9. The summed E-state index contributed by atoms with van der Waals surface area (Å²) in [4.78, 5) is 23.4. The number of methoxy groups -OCH3 is 2. The van der Waals surface area contributed by atoms with E-state index in [9.17, 15) is 9.59 Å². The number of hydrogen-bond acceptors (Lipinski definition) is 7. The Balaban J connectivity index is 2.41. The van der Waals surface area contributed by atoms with Crippen molar-refractivity contribution in [1.82, 2.24) is 14.8 Å².